The summed E-state index contributed by atoms with van der Waals surface area (Å²) in [5.74, 6) is 0.915. The molecule has 18 heavy (non-hydrogen) atoms. The first-order valence-electron chi connectivity index (χ1n) is 6.10. The summed E-state index contributed by atoms with van der Waals surface area (Å²) in [6, 6.07) is 0. The number of nitrogen functional groups attached to an aromatic ring is 1. The lowest BCUT2D eigenvalue weighted by Crippen LogP contribution is -2.42. The number of H-pyrrole nitrogens is 1. The molecule has 2 rings (SSSR count). The number of nitrogens with zero attached hydrogens (tertiary/aromatic N) is 2. The number of nitrogens with two attached hydrogens (primary N) is 1. The maximum Gasteiger partial charge on any atom is 0.276 e. The van der Waals surface area contributed by atoms with Crippen LogP contribution in [0.2, 0.25) is 0 Å². The van der Waals surface area contributed by atoms with Gasteiger partial charge in [0.25, 0.3) is 5.91 Å². The smallest absolute Gasteiger partial charge is 0.276 e. The van der Waals surface area contributed by atoms with Crippen LogP contribution < -0.4 is 5.73 Å². The molecule has 0 spiro atoms. The molecule has 0 atom stereocenters. The lowest BCUT2D eigenvalue weighted by molar-refractivity contribution is 0.0766. The van der Waals surface area contributed by atoms with Crippen LogP contribution >= 0.6 is 0 Å². The van der Waals surface area contributed by atoms with Gasteiger partial charge in [0.2, 0.25) is 0 Å². The van der Waals surface area contributed by atoms with E-state index in [9.17, 15) is 9.00 Å². The number of carbonyl (C=O) groups is 1. The first kappa shape index (κ1) is 13.1. The number of aryl methyl sites for hydroxylation is 1. The Morgan fingerprint density at radius 2 is 2.17 bits per heavy atom. The van der Waals surface area contributed by atoms with Gasteiger partial charge < -0.3 is 10.6 Å². The van der Waals surface area contributed by atoms with Gasteiger partial charge in [0, 0.05) is 35.4 Å². The molecule has 2 heterocycles. The molecule has 100 valence electrons. The predicted octanol–water partition coefficient (Wildman–Crippen LogP) is 0.149. The van der Waals surface area contributed by atoms with Crippen LogP contribution in [0.1, 0.15) is 29.5 Å². The highest BCUT2D eigenvalue weighted by Crippen LogP contribution is 2.18. The van der Waals surface area contributed by atoms with Gasteiger partial charge in [-0.2, -0.15) is 5.10 Å². The number of hydrogen-bond acceptors (Lipinski definition) is 4. The number of amides is 1. The highest BCUT2D eigenvalue weighted by Gasteiger charge is 2.25. The first-order chi connectivity index (χ1) is 8.63. The van der Waals surface area contributed by atoms with Crippen LogP contribution in [0.25, 0.3) is 0 Å². The van der Waals surface area contributed by atoms with Gasteiger partial charge in [-0.1, -0.05) is 13.3 Å². The second-order valence-corrected chi connectivity index (χ2v) is 6.05. The Bertz CT molecular complexity index is 462. The standard InChI is InChI=1S/C11H18N4O2S/c1-2-3-8-9(12)10(14-13-8)11(16)15-4-6-18(17)7-5-15/h2-7,12H2,1H3,(H,13,14). The highest BCUT2D eigenvalue weighted by molar-refractivity contribution is 7.85. The molecule has 1 aliphatic rings. The molecule has 0 aliphatic carbocycles. The van der Waals surface area contributed by atoms with Crippen LogP contribution in [0, 0.1) is 0 Å². The van der Waals surface area contributed by atoms with Gasteiger partial charge >= 0.3 is 0 Å². The Kier molecular flexibility index (Phi) is 4.00. The fraction of sp³-hybridized carbons (Fsp3) is 0.636. The van der Waals surface area contributed by atoms with E-state index in [0.29, 0.717) is 36.0 Å². The van der Waals surface area contributed by atoms with E-state index >= 15 is 0 Å². The summed E-state index contributed by atoms with van der Waals surface area (Å²) in [6.07, 6.45) is 1.73. The molecule has 1 aliphatic heterocycles. The van der Waals surface area contributed by atoms with Crippen molar-refractivity contribution in [2.75, 3.05) is 30.3 Å². The van der Waals surface area contributed by atoms with E-state index in [1.54, 1.807) is 4.90 Å². The van der Waals surface area contributed by atoms with E-state index in [1.165, 1.54) is 0 Å². The molecular formula is C11H18N4O2S. The van der Waals surface area contributed by atoms with Crippen molar-refractivity contribution < 1.29 is 9.00 Å². The molecule has 0 aromatic carbocycles. The van der Waals surface area contributed by atoms with Gasteiger partial charge in [-0.25, -0.2) is 0 Å². The molecule has 3 N–H and O–H groups in total. The molecule has 0 radical (unpaired) electrons. The molecule has 1 aromatic heterocycles. The van der Waals surface area contributed by atoms with Gasteiger partial charge in [-0.05, 0) is 6.42 Å². The van der Waals surface area contributed by atoms with Crippen molar-refractivity contribution in [2.45, 2.75) is 19.8 Å². The van der Waals surface area contributed by atoms with Crippen LogP contribution in [0.4, 0.5) is 5.69 Å². The van der Waals surface area contributed by atoms with Gasteiger partial charge in [0.1, 0.15) is 0 Å². The SMILES string of the molecule is CCCc1[nH]nc(C(=O)N2CCS(=O)CC2)c1N. The Morgan fingerprint density at radius 3 is 2.78 bits per heavy atom. The summed E-state index contributed by atoms with van der Waals surface area (Å²) in [7, 11) is -0.790. The van der Waals surface area contributed by atoms with Crippen LogP contribution in [-0.2, 0) is 17.2 Å². The number of hydrogen-bond donors (Lipinski definition) is 2. The Labute approximate surface area is 108 Å². The monoisotopic (exact) mass is 270 g/mol. The topological polar surface area (TPSA) is 92.1 Å². The molecule has 0 unspecified atom stereocenters. The minimum atomic E-state index is -0.790. The van der Waals surface area contributed by atoms with Crippen LogP contribution in [0.15, 0.2) is 0 Å². The average molecular weight is 270 g/mol. The molecule has 1 fully saturated rings. The van der Waals surface area contributed by atoms with Crippen molar-refractivity contribution in [3.63, 3.8) is 0 Å². The van der Waals surface area contributed by atoms with Crippen molar-refractivity contribution in [1.29, 1.82) is 0 Å². The number of aromatic nitrogens is 2. The minimum Gasteiger partial charge on any atom is -0.395 e. The van der Waals surface area contributed by atoms with E-state index in [4.69, 9.17) is 5.73 Å². The molecule has 1 saturated heterocycles. The van der Waals surface area contributed by atoms with Crippen molar-refractivity contribution in [2.24, 2.45) is 0 Å². The molecule has 6 nitrogen and oxygen atoms in total. The van der Waals surface area contributed by atoms with Gasteiger partial charge in [0.05, 0.1) is 11.4 Å². The van der Waals surface area contributed by atoms with E-state index in [2.05, 4.69) is 10.2 Å². The van der Waals surface area contributed by atoms with Crippen LogP contribution in [0.3, 0.4) is 0 Å². The molecule has 1 aromatic rings. The zero-order valence-corrected chi connectivity index (χ0v) is 11.3. The fourth-order valence-electron chi connectivity index (χ4n) is 1.98. The Morgan fingerprint density at radius 1 is 1.50 bits per heavy atom. The molecule has 1 amide bonds. The quantitative estimate of drug-likeness (QED) is 0.817. The van der Waals surface area contributed by atoms with E-state index in [1.807, 2.05) is 6.92 Å². The third kappa shape index (κ3) is 2.55. The van der Waals surface area contributed by atoms with Gasteiger partial charge in [0.15, 0.2) is 5.69 Å². The third-order valence-corrected chi connectivity index (χ3v) is 4.33. The number of rotatable bonds is 3. The third-order valence-electron chi connectivity index (χ3n) is 3.05. The predicted molar refractivity (Wildman–Crippen MR) is 70.8 cm³/mol. The Hall–Kier alpha value is -1.37. The number of aromatic amines is 1. The minimum absolute atomic E-state index is 0.164. The molecule has 0 saturated carbocycles. The summed E-state index contributed by atoms with van der Waals surface area (Å²) >= 11 is 0. The van der Waals surface area contributed by atoms with E-state index in [-0.39, 0.29) is 5.91 Å². The largest absolute Gasteiger partial charge is 0.395 e. The second-order valence-electron chi connectivity index (χ2n) is 4.35. The lowest BCUT2D eigenvalue weighted by atomic mass is 10.2. The van der Waals surface area contributed by atoms with Crippen molar-refractivity contribution in [1.82, 2.24) is 15.1 Å². The second kappa shape index (κ2) is 5.51. The maximum absolute atomic E-state index is 12.2. The summed E-state index contributed by atoms with van der Waals surface area (Å²) in [5, 5.41) is 6.83. The summed E-state index contributed by atoms with van der Waals surface area (Å²) in [5.41, 5.74) is 7.49. The zero-order chi connectivity index (χ0) is 13.1. The normalized spacial score (nSPS) is 17.1. The summed E-state index contributed by atoms with van der Waals surface area (Å²) in [6.45, 7) is 3.07. The van der Waals surface area contributed by atoms with Crippen molar-refractivity contribution >= 4 is 22.4 Å². The van der Waals surface area contributed by atoms with Crippen LogP contribution in [-0.4, -0.2) is 49.8 Å². The summed E-state index contributed by atoms with van der Waals surface area (Å²) < 4.78 is 11.3. The highest BCUT2D eigenvalue weighted by atomic mass is 32.2. The first-order valence-corrected chi connectivity index (χ1v) is 7.59. The van der Waals surface area contributed by atoms with Crippen LogP contribution in [0.5, 0.6) is 0 Å². The molecule has 7 heteroatoms. The number of carbonyl (C=O) groups excluding carboxylic acids is 1. The Balaban J connectivity index is 2.11. The number of anilines is 1. The lowest BCUT2D eigenvalue weighted by Gasteiger charge is -2.25. The van der Waals surface area contributed by atoms with E-state index < -0.39 is 10.8 Å². The maximum atomic E-state index is 12.2. The van der Waals surface area contributed by atoms with Gasteiger partial charge in [-0.15, -0.1) is 0 Å². The molecular weight excluding hydrogens is 252 g/mol. The van der Waals surface area contributed by atoms with Crippen molar-refractivity contribution in [3.8, 4) is 0 Å². The fourth-order valence-corrected chi connectivity index (χ4v) is 3.03. The molecule has 0 bridgehead atoms. The summed E-state index contributed by atoms with van der Waals surface area (Å²) in [4.78, 5) is 13.9. The van der Waals surface area contributed by atoms with E-state index in [0.717, 1.165) is 18.5 Å². The van der Waals surface area contributed by atoms with Crippen molar-refractivity contribution in [3.05, 3.63) is 11.4 Å². The average Bonchev–Trinajstić information content (AvgIpc) is 2.72. The van der Waals surface area contributed by atoms with Gasteiger partial charge in [-0.3, -0.25) is 14.1 Å². The zero-order valence-electron chi connectivity index (χ0n) is 10.4. The number of nitrogens with one attached hydrogen (secondary N) is 1.